The van der Waals surface area contributed by atoms with Crippen molar-refractivity contribution in [2.45, 2.75) is 64.1 Å². The number of halogens is 1. The minimum absolute atomic E-state index is 0.510. The maximum absolute atomic E-state index is 3.90. The van der Waals surface area contributed by atoms with Gasteiger partial charge < -0.3 is 0 Å². The molecular weight excluding hydrogens is 284 g/mol. The van der Waals surface area contributed by atoms with E-state index < -0.39 is 0 Å². The lowest BCUT2D eigenvalue weighted by molar-refractivity contribution is 0.446. The van der Waals surface area contributed by atoms with Crippen molar-refractivity contribution in [3.05, 3.63) is 35.4 Å². The molecule has 102 valence electrons. The first kappa shape index (κ1) is 15.8. The monoisotopic (exact) mass is 310 g/mol. The number of hydrogen-bond donors (Lipinski definition) is 0. The minimum Gasteiger partial charge on any atom is -0.0836 e. The lowest BCUT2D eigenvalue weighted by Crippen LogP contribution is -2.07. The lowest BCUT2D eigenvalue weighted by atomic mass is 9.91. The van der Waals surface area contributed by atoms with Crippen LogP contribution in [0.15, 0.2) is 24.3 Å². The number of unbranched alkanes of at least 4 members (excludes halogenated alkanes) is 1. The number of alkyl halides is 1. The summed E-state index contributed by atoms with van der Waals surface area (Å²) in [6.07, 6.45) is 5.21. The van der Waals surface area contributed by atoms with Crippen LogP contribution in [0.4, 0.5) is 0 Å². The Bertz CT molecular complexity index is 326. The van der Waals surface area contributed by atoms with E-state index in [1.54, 1.807) is 0 Å². The molecule has 0 heterocycles. The molecule has 0 aliphatic carbocycles. The molecule has 0 nitrogen and oxygen atoms in total. The summed E-state index contributed by atoms with van der Waals surface area (Å²) >= 11 is 3.90. The molecule has 1 aromatic carbocycles. The van der Waals surface area contributed by atoms with Gasteiger partial charge in [-0.15, -0.1) is 0 Å². The van der Waals surface area contributed by atoms with E-state index in [1.807, 2.05) is 0 Å². The Labute approximate surface area is 121 Å². The second-order valence-electron chi connectivity index (χ2n) is 5.53. The third-order valence-corrected chi connectivity index (χ3v) is 5.06. The van der Waals surface area contributed by atoms with Crippen LogP contribution in [0.1, 0.15) is 75.3 Å². The first-order chi connectivity index (χ1) is 8.60. The predicted octanol–water partition coefficient (Wildman–Crippen LogP) is 6.46. The molecule has 0 saturated heterocycles. The van der Waals surface area contributed by atoms with Crippen molar-refractivity contribution in [2.24, 2.45) is 5.92 Å². The van der Waals surface area contributed by atoms with E-state index in [0.717, 1.165) is 5.92 Å². The Morgan fingerprint density at radius 1 is 1.00 bits per heavy atom. The quantitative estimate of drug-likeness (QED) is 0.507. The van der Waals surface area contributed by atoms with Gasteiger partial charge in [-0.05, 0) is 29.4 Å². The summed E-state index contributed by atoms with van der Waals surface area (Å²) in [5.74, 6) is 1.38. The van der Waals surface area contributed by atoms with Gasteiger partial charge in [-0.1, -0.05) is 87.2 Å². The Kier molecular flexibility index (Phi) is 6.99. The molecule has 0 bridgehead atoms. The Morgan fingerprint density at radius 2 is 1.56 bits per heavy atom. The van der Waals surface area contributed by atoms with Gasteiger partial charge in [-0.2, -0.15) is 0 Å². The topological polar surface area (TPSA) is 0 Å². The molecule has 0 aliphatic rings. The van der Waals surface area contributed by atoms with Crippen LogP contribution in [-0.2, 0) is 0 Å². The third kappa shape index (κ3) is 4.42. The fraction of sp³-hybridized carbons (Fsp3) is 0.647. The van der Waals surface area contributed by atoms with Crippen molar-refractivity contribution in [2.75, 3.05) is 0 Å². The van der Waals surface area contributed by atoms with E-state index in [0.29, 0.717) is 10.7 Å². The van der Waals surface area contributed by atoms with Crippen LogP contribution >= 0.6 is 15.9 Å². The van der Waals surface area contributed by atoms with Crippen molar-refractivity contribution in [1.29, 1.82) is 0 Å². The van der Waals surface area contributed by atoms with Gasteiger partial charge in [-0.25, -0.2) is 0 Å². The number of benzene rings is 1. The van der Waals surface area contributed by atoms with Crippen molar-refractivity contribution in [3.63, 3.8) is 0 Å². The van der Waals surface area contributed by atoms with E-state index in [-0.39, 0.29) is 0 Å². The van der Waals surface area contributed by atoms with Gasteiger partial charge >= 0.3 is 0 Å². The van der Waals surface area contributed by atoms with Crippen molar-refractivity contribution >= 4 is 15.9 Å². The molecule has 1 aromatic rings. The molecule has 0 fully saturated rings. The highest BCUT2D eigenvalue weighted by molar-refractivity contribution is 9.09. The Hall–Kier alpha value is -0.300. The summed E-state index contributed by atoms with van der Waals surface area (Å²) in [6, 6.07) is 9.15. The second-order valence-corrected chi connectivity index (χ2v) is 6.52. The van der Waals surface area contributed by atoms with Gasteiger partial charge in [-0.3, -0.25) is 0 Å². The van der Waals surface area contributed by atoms with Gasteiger partial charge in [0.25, 0.3) is 0 Å². The van der Waals surface area contributed by atoms with E-state index >= 15 is 0 Å². The molecule has 0 saturated carbocycles. The first-order valence-electron chi connectivity index (χ1n) is 7.34. The smallest absolute Gasteiger partial charge is 0.0423 e. The Morgan fingerprint density at radius 3 is 2.00 bits per heavy atom. The predicted molar refractivity (Wildman–Crippen MR) is 85.5 cm³/mol. The fourth-order valence-corrected chi connectivity index (χ4v) is 3.30. The molecule has 18 heavy (non-hydrogen) atoms. The summed E-state index contributed by atoms with van der Waals surface area (Å²) in [4.78, 5) is 0.510. The zero-order valence-corrected chi connectivity index (χ0v) is 13.8. The van der Waals surface area contributed by atoms with E-state index in [1.165, 1.54) is 36.8 Å². The number of rotatable bonds is 7. The van der Waals surface area contributed by atoms with Crippen LogP contribution in [0.3, 0.4) is 0 Å². The average Bonchev–Trinajstić information content (AvgIpc) is 2.39. The largest absolute Gasteiger partial charge is 0.0836 e. The zero-order valence-electron chi connectivity index (χ0n) is 12.2. The lowest BCUT2D eigenvalue weighted by Gasteiger charge is -2.22. The third-order valence-electron chi connectivity index (χ3n) is 3.79. The van der Waals surface area contributed by atoms with Crippen LogP contribution in [0.5, 0.6) is 0 Å². The molecule has 2 atom stereocenters. The highest BCUT2D eigenvalue weighted by Gasteiger charge is 2.18. The van der Waals surface area contributed by atoms with E-state index in [2.05, 4.69) is 67.9 Å². The van der Waals surface area contributed by atoms with Gasteiger partial charge in [0.15, 0.2) is 0 Å². The number of hydrogen-bond acceptors (Lipinski definition) is 0. The maximum Gasteiger partial charge on any atom is 0.0423 e. The summed E-state index contributed by atoms with van der Waals surface area (Å²) in [7, 11) is 0. The van der Waals surface area contributed by atoms with Crippen LogP contribution in [-0.4, -0.2) is 0 Å². The molecule has 0 N–H and O–H groups in total. The highest BCUT2D eigenvalue weighted by atomic mass is 79.9. The van der Waals surface area contributed by atoms with E-state index in [4.69, 9.17) is 0 Å². The van der Waals surface area contributed by atoms with Crippen molar-refractivity contribution in [1.82, 2.24) is 0 Å². The Balaban J connectivity index is 2.72. The van der Waals surface area contributed by atoms with Gasteiger partial charge in [0.05, 0.1) is 0 Å². The summed E-state index contributed by atoms with van der Waals surface area (Å²) in [5, 5.41) is 0. The van der Waals surface area contributed by atoms with Crippen LogP contribution < -0.4 is 0 Å². The van der Waals surface area contributed by atoms with Crippen LogP contribution in [0.25, 0.3) is 0 Å². The first-order valence-corrected chi connectivity index (χ1v) is 8.25. The maximum atomic E-state index is 3.90. The molecule has 0 amide bonds. The molecule has 0 aromatic heterocycles. The average molecular weight is 311 g/mol. The van der Waals surface area contributed by atoms with Crippen LogP contribution in [0.2, 0.25) is 0 Å². The molecular formula is C17H27Br. The summed E-state index contributed by atoms with van der Waals surface area (Å²) in [5.41, 5.74) is 2.86. The SMILES string of the molecule is CCCCC(CC)C(Br)c1ccc(C(C)C)cc1. The van der Waals surface area contributed by atoms with Gasteiger partial charge in [0.2, 0.25) is 0 Å². The van der Waals surface area contributed by atoms with Crippen molar-refractivity contribution in [3.8, 4) is 0 Å². The van der Waals surface area contributed by atoms with Gasteiger partial charge in [0.1, 0.15) is 0 Å². The standard InChI is InChI=1S/C17H27Br/c1-5-7-8-14(6-2)17(18)16-11-9-15(10-12-16)13(3)4/h9-14,17H,5-8H2,1-4H3. The highest BCUT2D eigenvalue weighted by Crippen LogP contribution is 2.36. The molecule has 1 heteroatoms. The van der Waals surface area contributed by atoms with Crippen LogP contribution in [0, 0.1) is 5.92 Å². The zero-order chi connectivity index (χ0) is 13.5. The molecule has 2 unspecified atom stereocenters. The normalized spacial score (nSPS) is 14.8. The summed E-state index contributed by atoms with van der Waals surface area (Å²) in [6.45, 7) is 9.07. The summed E-state index contributed by atoms with van der Waals surface area (Å²) < 4.78 is 0. The van der Waals surface area contributed by atoms with E-state index in [9.17, 15) is 0 Å². The minimum atomic E-state index is 0.510. The molecule has 0 spiro atoms. The molecule has 1 rings (SSSR count). The second kappa shape index (κ2) is 7.99. The molecule has 0 aliphatic heterocycles. The fourth-order valence-electron chi connectivity index (χ4n) is 2.36. The molecule has 0 radical (unpaired) electrons. The van der Waals surface area contributed by atoms with Gasteiger partial charge in [0, 0.05) is 4.83 Å². The van der Waals surface area contributed by atoms with Crippen molar-refractivity contribution < 1.29 is 0 Å².